The number of aromatic nitrogens is 1. The van der Waals surface area contributed by atoms with Gasteiger partial charge in [-0.25, -0.2) is 4.79 Å². The van der Waals surface area contributed by atoms with E-state index in [2.05, 4.69) is 10.3 Å². The lowest BCUT2D eigenvalue weighted by Gasteiger charge is -2.31. The second-order valence-electron chi connectivity index (χ2n) is 8.20. The maximum atomic E-state index is 12.9. The van der Waals surface area contributed by atoms with Crippen LogP contribution in [-0.4, -0.2) is 66.1 Å². The molecular formula is C23H31N3O5. The number of carbonyl (C=O) groups excluding carboxylic acids is 3. The van der Waals surface area contributed by atoms with E-state index in [1.54, 1.807) is 11.0 Å². The third kappa shape index (κ3) is 5.85. The van der Waals surface area contributed by atoms with Gasteiger partial charge in [0.25, 0.3) is 5.91 Å². The molecule has 3 rings (SSSR count). The summed E-state index contributed by atoms with van der Waals surface area (Å²) in [5, 5.41) is 3.57. The van der Waals surface area contributed by atoms with E-state index in [9.17, 15) is 14.4 Å². The van der Waals surface area contributed by atoms with Crippen molar-refractivity contribution in [3.05, 3.63) is 36.0 Å². The number of amides is 2. The molecule has 8 nitrogen and oxygen atoms in total. The van der Waals surface area contributed by atoms with Crippen molar-refractivity contribution in [1.29, 1.82) is 0 Å². The van der Waals surface area contributed by atoms with Gasteiger partial charge in [-0.05, 0) is 30.9 Å². The van der Waals surface area contributed by atoms with E-state index >= 15 is 0 Å². The van der Waals surface area contributed by atoms with E-state index in [4.69, 9.17) is 9.47 Å². The Kier molecular flexibility index (Phi) is 7.68. The monoisotopic (exact) mass is 429 g/mol. The highest BCUT2D eigenvalue weighted by Crippen LogP contribution is 2.17. The summed E-state index contributed by atoms with van der Waals surface area (Å²) in [5.74, 6) is -0.282. The van der Waals surface area contributed by atoms with Crippen LogP contribution < -0.4 is 5.32 Å². The van der Waals surface area contributed by atoms with Crippen molar-refractivity contribution in [2.45, 2.75) is 45.8 Å². The Morgan fingerprint density at radius 1 is 1.19 bits per heavy atom. The number of hydrogen-bond donors (Lipinski definition) is 2. The fourth-order valence-electron chi connectivity index (χ4n) is 3.67. The van der Waals surface area contributed by atoms with Crippen LogP contribution in [0.2, 0.25) is 0 Å². The SMILES string of the molecule is CC[C@H](NC(=O)O[C@@H](CC(C)C)C(=O)N1CCOCC1)C(=O)c1cc2ccccc2[nH]1. The van der Waals surface area contributed by atoms with Gasteiger partial charge in [-0.2, -0.15) is 0 Å². The van der Waals surface area contributed by atoms with Gasteiger partial charge in [0, 0.05) is 24.0 Å². The standard InChI is InChI=1S/C23H31N3O5/c1-4-17(21(27)19-14-16-7-5-6-8-18(16)24-19)25-23(29)31-20(13-15(2)3)22(28)26-9-11-30-12-10-26/h5-8,14-15,17,20,24H,4,9-13H2,1-3H3,(H,25,29)/t17-,20-/m0/s1. The molecule has 2 atom stereocenters. The lowest BCUT2D eigenvalue weighted by Crippen LogP contribution is -2.49. The third-order valence-electron chi connectivity index (χ3n) is 5.35. The quantitative estimate of drug-likeness (QED) is 0.628. The Hall–Kier alpha value is -2.87. The smallest absolute Gasteiger partial charge is 0.408 e. The molecule has 2 heterocycles. The van der Waals surface area contributed by atoms with Gasteiger partial charge in [-0.1, -0.05) is 39.0 Å². The third-order valence-corrected chi connectivity index (χ3v) is 5.35. The number of para-hydroxylation sites is 1. The molecule has 2 amide bonds. The van der Waals surface area contributed by atoms with Crippen molar-refractivity contribution >= 4 is 28.7 Å². The zero-order valence-electron chi connectivity index (χ0n) is 18.3. The van der Waals surface area contributed by atoms with Crippen LogP contribution in [0, 0.1) is 5.92 Å². The van der Waals surface area contributed by atoms with E-state index in [1.165, 1.54) is 0 Å². The van der Waals surface area contributed by atoms with Crippen LogP contribution in [0.15, 0.2) is 30.3 Å². The lowest BCUT2D eigenvalue weighted by atomic mass is 10.0. The van der Waals surface area contributed by atoms with Gasteiger partial charge in [-0.3, -0.25) is 9.59 Å². The number of ether oxygens (including phenoxy) is 2. The first-order valence-electron chi connectivity index (χ1n) is 10.8. The molecule has 0 spiro atoms. The van der Waals surface area contributed by atoms with Gasteiger partial charge in [0.15, 0.2) is 6.10 Å². The molecular weight excluding hydrogens is 398 g/mol. The zero-order chi connectivity index (χ0) is 22.4. The Bertz CT molecular complexity index is 884. The Balaban J connectivity index is 1.65. The van der Waals surface area contributed by atoms with Crippen LogP contribution in [0.5, 0.6) is 0 Å². The van der Waals surface area contributed by atoms with Crippen molar-refractivity contribution in [1.82, 2.24) is 15.2 Å². The average Bonchev–Trinajstić information content (AvgIpc) is 3.20. The number of fused-ring (bicyclic) bond motifs is 1. The molecule has 2 N–H and O–H groups in total. The fourth-order valence-corrected chi connectivity index (χ4v) is 3.67. The number of Topliss-reactive ketones (excluding diaryl/α,β-unsaturated/α-hetero) is 1. The first kappa shape index (κ1) is 22.8. The van der Waals surface area contributed by atoms with E-state index in [-0.39, 0.29) is 17.6 Å². The molecule has 0 unspecified atom stereocenters. The minimum absolute atomic E-state index is 0.165. The van der Waals surface area contributed by atoms with Gasteiger partial charge < -0.3 is 24.7 Å². The molecule has 0 saturated carbocycles. The summed E-state index contributed by atoms with van der Waals surface area (Å²) >= 11 is 0. The summed E-state index contributed by atoms with van der Waals surface area (Å²) in [4.78, 5) is 43.2. The first-order chi connectivity index (χ1) is 14.9. The highest BCUT2D eigenvalue weighted by Gasteiger charge is 2.31. The summed E-state index contributed by atoms with van der Waals surface area (Å²) in [6, 6.07) is 8.62. The van der Waals surface area contributed by atoms with E-state index in [0.717, 1.165) is 10.9 Å². The second kappa shape index (κ2) is 10.4. The number of alkyl carbamates (subject to hydrolysis) is 1. The number of aromatic amines is 1. The molecule has 1 aromatic carbocycles. The van der Waals surface area contributed by atoms with Crippen molar-refractivity contribution in [3.63, 3.8) is 0 Å². The maximum Gasteiger partial charge on any atom is 0.408 e. The average molecular weight is 430 g/mol. The molecule has 1 aliphatic rings. The Labute approximate surface area is 182 Å². The molecule has 168 valence electrons. The minimum Gasteiger partial charge on any atom is -0.436 e. The largest absolute Gasteiger partial charge is 0.436 e. The second-order valence-corrected chi connectivity index (χ2v) is 8.20. The van der Waals surface area contributed by atoms with Gasteiger partial charge >= 0.3 is 6.09 Å². The van der Waals surface area contributed by atoms with Crippen LogP contribution in [0.3, 0.4) is 0 Å². The summed E-state index contributed by atoms with van der Waals surface area (Å²) in [5.41, 5.74) is 1.29. The number of benzene rings is 1. The van der Waals surface area contributed by atoms with Gasteiger partial charge in [-0.15, -0.1) is 0 Å². The normalized spacial score (nSPS) is 16.2. The number of H-pyrrole nitrogens is 1. The molecule has 0 aliphatic carbocycles. The zero-order valence-corrected chi connectivity index (χ0v) is 18.3. The Morgan fingerprint density at radius 2 is 1.90 bits per heavy atom. The van der Waals surface area contributed by atoms with Crippen LogP contribution in [0.4, 0.5) is 4.79 Å². The van der Waals surface area contributed by atoms with Crippen molar-refractivity contribution in [2.24, 2.45) is 5.92 Å². The molecule has 31 heavy (non-hydrogen) atoms. The number of rotatable bonds is 8. The summed E-state index contributed by atoms with van der Waals surface area (Å²) < 4.78 is 10.8. The number of ketones is 1. The summed E-state index contributed by atoms with van der Waals surface area (Å²) in [7, 11) is 0. The Morgan fingerprint density at radius 3 is 2.55 bits per heavy atom. The minimum atomic E-state index is -0.890. The molecule has 0 bridgehead atoms. The topological polar surface area (TPSA) is 101 Å². The number of nitrogens with zero attached hydrogens (tertiary/aromatic N) is 1. The van der Waals surface area contributed by atoms with Crippen LogP contribution in [0.25, 0.3) is 10.9 Å². The lowest BCUT2D eigenvalue weighted by molar-refractivity contribution is -0.145. The molecule has 2 aromatic rings. The van der Waals surface area contributed by atoms with Crippen molar-refractivity contribution < 1.29 is 23.9 Å². The van der Waals surface area contributed by atoms with Crippen LogP contribution in [0.1, 0.15) is 44.1 Å². The predicted molar refractivity (Wildman–Crippen MR) is 117 cm³/mol. The van der Waals surface area contributed by atoms with Crippen molar-refractivity contribution in [3.8, 4) is 0 Å². The highest BCUT2D eigenvalue weighted by atomic mass is 16.6. The summed E-state index contributed by atoms with van der Waals surface area (Å²) in [6.07, 6.45) is -0.839. The number of carbonyl (C=O) groups is 3. The maximum absolute atomic E-state index is 12.9. The number of morpholine rings is 1. The highest BCUT2D eigenvalue weighted by molar-refractivity contribution is 6.03. The molecule has 8 heteroatoms. The van der Waals surface area contributed by atoms with Crippen LogP contribution in [-0.2, 0) is 14.3 Å². The number of nitrogens with one attached hydrogen (secondary N) is 2. The fraction of sp³-hybridized carbons (Fsp3) is 0.522. The van der Waals surface area contributed by atoms with Gasteiger partial charge in [0.1, 0.15) is 0 Å². The van der Waals surface area contributed by atoms with Gasteiger partial charge in [0.2, 0.25) is 5.78 Å². The number of hydrogen-bond acceptors (Lipinski definition) is 5. The molecule has 1 aromatic heterocycles. The molecule has 1 fully saturated rings. The van der Waals surface area contributed by atoms with Crippen LogP contribution >= 0.6 is 0 Å². The van der Waals surface area contributed by atoms with E-state index in [0.29, 0.717) is 44.8 Å². The summed E-state index contributed by atoms with van der Waals surface area (Å²) in [6.45, 7) is 7.66. The molecule has 1 aliphatic heterocycles. The predicted octanol–water partition coefficient (Wildman–Crippen LogP) is 3.13. The first-order valence-corrected chi connectivity index (χ1v) is 10.8. The van der Waals surface area contributed by atoms with E-state index < -0.39 is 18.2 Å². The van der Waals surface area contributed by atoms with Gasteiger partial charge in [0.05, 0.1) is 24.9 Å². The van der Waals surface area contributed by atoms with Crippen molar-refractivity contribution in [2.75, 3.05) is 26.3 Å². The van der Waals surface area contributed by atoms with E-state index in [1.807, 2.05) is 45.0 Å². The molecule has 1 saturated heterocycles. The molecule has 0 radical (unpaired) electrons.